The molecule has 0 aliphatic heterocycles. The molecule has 11 heavy (non-hydrogen) atoms. The topological polar surface area (TPSA) is 81.7 Å². The summed E-state index contributed by atoms with van der Waals surface area (Å²) in [5.74, 6) is -1.45. The molecular weight excluding hydrogens is 144 g/mol. The van der Waals surface area contributed by atoms with Gasteiger partial charge in [0.2, 0.25) is 0 Å². The fourth-order valence-electron chi connectivity index (χ4n) is 0.588. The van der Waals surface area contributed by atoms with E-state index in [1.54, 1.807) is 0 Å². The van der Waals surface area contributed by atoms with E-state index in [1.807, 2.05) is 0 Å². The van der Waals surface area contributed by atoms with Crippen molar-refractivity contribution >= 4 is 11.6 Å². The summed E-state index contributed by atoms with van der Waals surface area (Å²) < 4.78 is 0. The molecular formula is C7H6N2O2. The van der Waals surface area contributed by atoms with Crippen LogP contribution in [0.2, 0.25) is 0 Å². The number of hydrogen-bond acceptors (Lipinski definition) is 4. The molecule has 0 N–H and O–H groups in total. The van der Waals surface area contributed by atoms with Gasteiger partial charge < -0.3 is 0 Å². The second kappa shape index (κ2) is 2.94. The smallest absolute Gasteiger partial charge is 0.257 e. The first-order valence-corrected chi connectivity index (χ1v) is 2.86. The molecule has 0 unspecified atom stereocenters. The fourth-order valence-corrected chi connectivity index (χ4v) is 0.588. The van der Waals surface area contributed by atoms with E-state index < -0.39 is 17.0 Å². The van der Waals surface area contributed by atoms with Gasteiger partial charge in [-0.15, -0.1) is 0 Å². The number of ketones is 2. The summed E-state index contributed by atoms with van der Waals surface area (Å²) in [5, 5.41) is 16.8. The van der Waals surface area contributed by atoms with Gasteiger partial charge in [-0.2, -0.15) is 10.5 Å². The summed E-state index contributed by atoms with van der Waals surface area (Å²) in [5.41, 5.74) is -2.08. The Hall–Kier alpha value is -1.68. The van der Waals surface area contributed by atoms with E-state index in [0.717, 1.165) is 13.8 Å². The predicted octanol–water partition coefficient (Wildman–Crippen LogP) is 0.198. The van der Waals surface area contributed by atoms with Crippen molar-refractivity contribution in [1.29, 1.82) is 10.5 Å². The van der Waals surface area contributed by atoms with Crippen molar-refractivity contribution in [2.45, 2.75) is 13.8 Å². The van der Waals surface area contributed by atoms with Crippen LogP contribution in [-0.4, -0.2) is 11.6 Å². The van der Waals surface area contributed by atoms with Crippen molar-refractivity contribution in [2.24, 2.45) is 5.41 Å². The fraction of sp³-hybridized carbons (Fsp3) is 0.429. The minimum atomic E-state index is -2.08. The first kappa shape index (κ1) is 9.32. The van der Waals surface area contributed by atoms with Crippen LogP contribution in [0.4, 0.5) is 0 Å². The third-order valence-corrected chi connectivity index (χ3v) is 1.39. The van der Waals surface area contributed by atoms with Crippen LogP contribution >= 0.6 is 0 Å². The lowest BCUT2D eigenvalue weighted by Gasteiger charge is -2.08. The number of nitriles is 2. The van der Waals surface area contributed by atoms with E-state index in [-0.39, 0.29) is 0 Å². The number of hydrogen-bond donors (Lipinski definition) is 0. The van der Waals surface area contributed by atoms with Crippen molar-refractivity contribution in [3.63, 3.8) is 0 Å². The summed E-state index contributed by atoms with van der Waals surface area (Å²) in [6.07, 6.45) is 0. The predicted molar refractivity (Wildman–Crippen MR) is 35.0 cm³/mol. The second-order valence-corrected chi connectivity index (χ2v) is 2.09. The number of nitrogens with zero attached hydrogens (tertiary/aromatic N) is 2. The average molecular weight is 150 g/mol. The summed E-state index contributed by atoms with van der Waals surface area (Å²) in [7, 11) is 0. The van der Waals surface area contributed by atoms with Crippen LogP contribution in [0.15, 0.2) is 0 Å². The molecule has 0 aromatic rings. The van der Waals surface area contributed by atoms with Crippen LogP contribution in [0.5, 0.6) is 0 Å². The molecule has 0 aromatic heterocycles. The molecule has 0 atom stereocenters. The van der Waals surface area contributed by atoms with Crippen LogP contribution in [0.1, 0.15) is 13.8 Å². The van der Waals surface area contributed by atoms with Gasteiger partial charge in [0.25, 0.3) is 5.41 Å². The van der Waals surface area contributed by atoms with Crippen molar-refractivity contribution in [1.82, 2.24) is 0 Å². The zero-order valence-electron chi connectivity index (χ0n) is 6.21. The number of rotatable bonds is 2. The molecule has 0 radical (unpaired) electrons. The third kappa shape index (κ3) is 1.25. The van der Waals surface area contributed by atoms with E-state index in [1.165, 1.54) is 12.1 Å². The Labute approximate surface area is 64.0 Å². The maximum absolute atomic E-state index is 10.7. The lowest BCUT2D eigenvalue weighted by Crippen LogP contribution is -2.33. The number of carbonyl (C=O) groups is 2. The Morgan fingerprint density at radius 3 is 1.36 bits per heavy atom. The van der Waals surface area contributed by atoms with E-state index in [2.05, 4.69) is 0 Å². The second-order valence-electron chi connectivity index (χ2n) is 2.09. The van der Waals surface area contributed by atoms with Gasteiger partial charge >= 0.3 is 0 Å². The quantitative estimate of drug-likeness (QED) is 0.526. The monoisotopic (exact) mass is 150 g/mol. The molecule has 0 saturated carbocycles. The molecule has 0 amide bonds. The summed E-state index contributed by atoms with van der Waals surface area (Å²) in [6.45, 7) is 2.10. The maximum Gasteiger partial charge on any atom is 0.257 e. The Morgan fingerprint density at radius 1 is 1.09 bits per heavy atom. The van der Waals surface area contributed by atoms with Crippen LogP contribution in [0.3, 0.4) is 0 Å². The lowest BCUT2D eigenvalue weighted by atomic mass is 9.84. The van der Waals surface area contributed by atoms with Gasteiger partial charge in [-0.05, 0) is 13.8 Å². The van der Waals surface area contributed by atoms with Crippen molar-refractivity contribution < 1.29 is 9.59 Å². The minimum Gasteiger partial charge on any atom is -0.296 e. The van der Waals surface area contributed by atoms with E-state index in [0.29, 0.717) is 0 Å². The molecule has 0 saturated heterocycles. The molecule has 0 fully saturated rings. The zero-order chi connectivity index (χ0) is 9.07. The van der Waals surface area contributed by atoms with E-state index >= 15 is 0 Å². The highest BCUT2D eigenvalue weighted by molar-refractivity contribution is 6.10. The highest BCUT2D eigenvalue weighted by atomic mass is 16.2. The van der Waals surface area contributed by atoms with Gasteiger partial charge in [-0.25, -0.2) is 0 Å². The number of Topliss-reactive ketones (excluding diaryl/α,β-unsaturated/α-hetero) is 2. The summed E-state index contributed by atoms with van der Waals surface area (Å²) in [6, 6.07) is 2.81. The SMILES string of the molecule is CC(=O)C(C#N)(C#N)C(C)=O. The van der Waals surface area contributed by atoms with Crippen molar-refractivity contribution in [2.75, 3.05) is 0 Å². The normalized spacial score (nSPS) is 9.45. The van der Waals surface area contributed by atoms with Gasteiger partial charge in [0.05, 0.1) is 0 Å². The average Bonchev–Trinajstić information content (AvgIpc) is 1.90. The van der Waals surface area contributed by atoms with Gasteiger partial charge in [0, 0.05) is 0 Å². The minimum absolute atomic E-state index is 0.727. The largest absolute Gasteiger partial charge is 0.296 e. The van der Waals surface area contributed by atoms with Crippen LogP contribution in [0.25, 0.3) is 0 Å². The maximum atomic E-state index is 10.7. The Bertz CT molecular complexity index is 250. The van der Waals surface area contributed by atoms with E-state index in [9.17, 15) is 9.59 Å². The third-order valence-electron chi connectivity index (χ3n) is 1.39. The molecule has 0 aliphatic carbocycles. The summed E-state index contributed by atoms with van der Waals surface area (Å²) in [4.78, 5) is 21.4. The van der Waals surface area contributed by atoms with Crippen LogP contribution < -0.4 is 0 Å². The van der Waals surface area contributed by atoms with Crippen LogP contribution in [0, 0.1) is 28.1 Å². The number of carbonyl (C=O) groups excluding carboxylic acids is 2. The van der Waals surface area contributed by atoms with Crippen molar-refractivity contribution in [3.05, 3.63) is 0 Å². The molecule has 0 aromatic carbocycles. The van der Waals surface area contributed by atoms with Gasteiger partial charge in [0.15, 0.2) is 11.6 Å². The zero-order valence-corrected chi connectivity index (χ0v) is 6.21. The molecule has 0 heterocycles. The Kier molecular flexibility index (Phi) is 2.49. The lowest BCUT2D eigenvalue weighted by molar-refractivity contribution is -0.131. The Balaban J connectivity index is 5.19. The molecule has 0 spiro atoms. The molecule has 0 aliphatic rings. The van der Waals surface area contributed by atoms with Gasteiger partial charge in [-0.3, -0.25) is 9.59 Å². The first-order chi connectivity index (χ1) is 5.01. The standard InChI is InChI=1S/C7H6N2O2/c1-5(10)7(3-8,4-9)6(2)11/h1-2H3. The molecule has 56 valence electrons. The molecule has 0 bridgehead atoms. The molecule has 4 nitrogen and oxygen atoms in total. The molecule has 4 heteroatoms. The van der Waals surface area contributed by atoms with Gasteiger partial charge in [-0.1, -0.05) is 0 Å². The Morgan fingerprint density at radius 2 is 1.36 bits per heavy atom. The van der Waals surface area contributed by atoms with Crippen LogP contribution in [-0.2, 0) is 9.59 Å². The highest BCUT2D eigenvalue weighted by Crippen LogP contribution is 2.16. The van der Waals surface area contributed by atoms with Gasteiger partial charge in [0.1, 0.15) is 12.1 Å². The molecule has 0 rings (SSSR count). The van der Waals surface area contributed by atoms with E-state index in [4.69, 9.17) is 10.5 Å². The first-order valence-electron chi connectivity index (χ1n) is 2.86. The van der Waals surface area contributed by atoms with Crippen molar-refractivity contribution in [3.8, 4) is 12.1 Å². The summed E-state index contributed by atoms with van der Waals surface area (Å²) >= 11 is 0. The highest BCUT2D eigenvalue weighted by Gasteiger charge is 2.41.